The lowest BCUT2D eigenvalue weighted by molar-refractivity contribution is 0.394. The van der Waals surface area contributed by atoms with E-state index in [-0.39, 0.29) is 0 Å². The van der Waals surface area contributed by atoms with Gasteiger partial charge in [0.1, 0.15) is 0 Å². The van der Waals surface area contributed by atoms with E-state index in [2.05, 4.69) is 68.6 Å². The molecular weight excluding hydrogens is 342 g/mol. The summed E-state index contributed by atoms with van der Waals surface area (Å²) in [6.45, 7) is 6.83. The fourth-order valence-corrected chi connectivity index (χ4v) is 4.85. The largest absolute Gasteiger partial charge is 0.400 e. The Hall–Kier alpha value is -1.90. The van der Waals surface area contributed by atoms with E-state index < -0.39 is 0 Å². The molecule has 2 aromatic rings. The fraction of sp³-hybridized carbons (Fsp3) is 0.462. The van der Waals surface area contributed by atoms with Crippen molar-refractivity contribution in [2.75, 3.05) is 7.11 Å². The van der Waals surface area contributed by atoms with Crippen molar-refractivity contribution in [1.29, 1.82) is 0 Å². The highest BCUT2D eigenvalue weighted by atomic mass is 16.2. The van der Waals surface area contributed by atoms with Gasteiger partial charge in [-0.05, 0) is 87.1 Å². The fourth-order valence-electron chi connectivity index (χ4n) is 4.85. The van der Waals surface area contributed by atoms with Gasteiger partial charge in [0.25, 0.3) is 0 Å². The van der Waals surface area contributed by atoms with Gasteiger partial charge in [-0.2, -0.15) is 0 Å². The predicted molar refractivity (Wildman–Crippen MR) is 120 cm³/mol. The quantitative estimate of drug-likeness (QED) is 0.752. The van der Waals surface area contributed by atoms with Crippen molar-refractivity contribution >= 4 is 5.57 Å². The Labute approximate surface area is 170 Å². The maximum Gasteiger partial charge on any atom is 0.0319 e. The first-order valence-electron chi connectivity index (χ1n) is 10.7. The molecule has 2 nitrogen and oxygen atoms in total. The molecule has 2 heteroatoms. The Kier molecular flexibility index (Phi) is 7.09. The van der Waals surface area contributed by atoms with Gasteiger partial charge in [0.05, 0.1) is 0 Å². The van der Waals surface area contributed by atoms with E-state index in [1.807, 2.05) is 0 Å². The first kappa shape index (κ1) is 20.8. The minimum Gasteiger partial charge on any atom is -0.400 e. The molecule has 2 aliphatic rings. The Morgan fingerprint density at radius 1 is 0.893 bits per heavy atom. The highest BCUT2D eigenvalue weighted by Gasteiger charge is 2.26. The summed E-state index contributed by atoms with van der Waals surface area (Å²) in [7, 11) is 1.00. The zero-order chi connectivity index (χ0) is 20.1. The van der Waals surface area contributed by atoms with Gasteiger partial charge in [-0.25, -0.2) is 0 Å². The summed E-state index contributed by atoms with van der Waals surface area (Å²) in [6, 6.07) is 17.0. The van der Waals surface area contributed by atoms with Crippen molar-refractivity contribution in [1.82, 2.24) is 5.32 Å². The number of nitrogens with one attached hydrogen (secondary N) is 1. The highest BCUT2D eigenvalue weighted by molar-refractivity contribution is 5.72. The summed E-state index contributed by atoms with van der Waals surface area (Å²) >= 11 is 0. The summed E-state index contributed by atoms with van der Waals surface area (Å²) in [5, 5.41) is 11.0. The molecule has 2 N–H and O–H groups in total. The molecule has 2 unspecified atom stereocenters. The number of hydrogen-bond acceptors (Lipinski definition) is 2. The summed E-state index contributed by atoms with van der Waals surface area (Å²) in [5.41, 5.74) is 10.5. The maximum absolute atomic E-state index is 7.00. The van der Waals surface area contributed by atoms with Crippen molar-refractivity contribution in [3.05, 3.63) is 75.9 Å². The third-order valence-corrected chi connectivity index (χ3v) is 6.42. The SMILES string of the molecule is CC1=C(c2cc(C)ccc2C)CCCC1NC1CCc2ccccc2C1.CO. The predicted octanol–water partition coefficient (Wildman–Crippen LogP) is 5.39. The number of allylic oxidation sites excluding steroid dienone is 1. The highest BCUT2D eigenvalue weighted by Crippen LogP contribution is 2.35. The van der Waals surface area contributed by atoms with E-state index in [1.165, 1.54) is 55.2 Å². The van der Waals surface area contributed by atoms with E-state index in [0.29, 0.717) is 12.1 Å². The minimum atomic E-state index is 0.536. The summed E-state index contributed by atoms with van der Waals surface area (Å²) in [5.74, 6) is 0. The van der Waals surface area contributed by atoms with Gasteiger partial charge < -0.3 is 10.4 Å². The average Bonchev–Trinajstić information content (AvgIpc) is 2.73. The smallest absolute Gasteiger partial charge is 0.0319 e. The van der Waals surface area contributed by atoms with E-state index in [9.17, 15) is 0 Å². The van der Waals surface area contributed by atoms with Crippen LogP contribution >= 0.6 is 0 Å². The Balaban J connectivity index is 0.00000109. The van der Waals surface area contributed by atoms with Crippen LogP contribution in [-0.4, -0.2) is 24.3 Å². The summed E-state index contributed by atoms with van der Waals surface area (Å²) in [6.07, 6.45) is 7.45. The van der Waals surface area contributed by atoms with E-state index in [1.54, 1.807) is 22.3 Å². The van der Waals surface area contributed by atoms with Crippen LogP contribution in [0.15, 0.2) is 48.0 Å². The molecule has 150 valence electrons. The third kappa shape index (κ3) is 4.56. The van der Waals surface area contributed by atoms with Gasteiger partial charge in [-0.3, -0.25) is 0 Å². The third-order valence-electron chi connectivity index (χ3n) is 6.42. The van der Waals surface area contributed by atoms with Crippen molar-refractivity contribution in [3.63, 3.8) is 0 Å². The molecular formula is C26H35NO. The first-order valence-corrected chi connectivity index (χ1v) is 10.7. The first-order chi connectivity index (χ1) is 13.6. The van der Waals surface area contributed by atoms with Crippen molar-refractivity contribution in [2.24, 2.45) is 0 Å². The second kappa shape index (κ2) is 9.54. The van der Waals surface area contributed by atoms with Gasteiger partial charge in [0, 0.05) is 19.2 Å². The van der Waals surface area contributed by atoms with Crippen LogP contribution in [0, 0.1) is 13.8 Å². The van der Waals surface area contributed by atoms with Crippen LogP contribution in [0.5, 0.6) is 0 Å². The molecule has 0 bridgehead atoms. The molecule has 2 aliphatic carbocycles. The van der Waals surface area contributed by atoms with Crippen LogP contribution < -0.4 is 5.32 Å². The topological polar surface area (TPSA) is 32.3 Å². The molecule has 2 aromatic carbocycles. The average molecular weight is 378 g/mol. The number of aryl methyl sites for hydroxylation is 3. The van der Waals surface area contributed by atoms with Crippen LogP contribution in [0.25, 0.3) is 5.57 Å². The number of aliphatic hydroxyl groups is 1. The molecule has 0 saturated heterocycles. The van der Waals surface area contributed by atoms with Crippen LogP contribution in [0.4, 0.5) is 0 Å². The number of rotatable bonds is 3. The number of benzene rings is 2. The summed E-state index contributed by atoms with van der Waals surface area (Å²) < 4.78 is 0. The lowest BCUT2D eigenvalue weighted by Crippen LogP contribution is -2.43. The van der Waals surface area contributed by atoms with Gasteiger partial charge in [0.15, 0.2) is 0 Å². The molecule has 28 heavy (non-hydrogen) atoms. The van der Waals surface area contributed by atoms with Crippen molar-refractivity contribution in [2.45, 2.75) is 71.4 Å². The number of hydrogen-bond donors (Lipinski definition) is 2. The normalized spacial score (nSPS) is 21.6. The van der Waals surface area contributed by atoms with Gasteiger partial charge in [-0.15, -0.1) is 0 Å². The second-order valence-corrected chi connectivity index (χ2v) is 8.30. The van der Waals surface area contributed by atoms with Gasteiger partial charge >= 0.3 is 0 Å². The molecule has 0 radical (unpaired) electrons. The van der Waals surface area contributed by atoms with E-state index in [0.717, 1.165) is 7.11 Å². The molecule has 0 saturated carbocycles. The Morgan fingerprint density at radius 2 is 1.64 bits per heavy atom. The zero-order valence-corrected chi connectivity index (χ0v) is 17.9. The number of fused-ring (bicyclic) bond motifs is 1. The maximum atomic E-state index is 7.00. The van der Waals surface area contributed by atoms with Crippen LogP contribution in [0.2, 0.25) is 0 Å². The Morgan fingerprint density at radius 3 is 2.43 bits per heavy atom. The molecule has 0 aliphatic heterocycles. The zero-order valence-electron chi connectivity index (χ0n) is 17.9. The van der Waals surface area contributed by atoms with E-state index in [4.69, 9.17) is 5.11 Å². The molecule has 0 spiro atoms. The second-order valence-electron chi connectivity index (χ2n) is 8.30. The number of aliphatic hydroxyl groups excluding tert-OH is 1. The van der Waals surface area contributed by atoms with Crippen LogP contribution in [0.3, 0.4) is 0 Å². The molecule has 4 rings (SSSR count). The van der Waals surface area contributed by atoms with Crippen molar-refractivity contribution < 1.29 is 5.11 Å². The molecule has 0 aromatic heterocycles. The molecule has 0 fully saturated rings. The van der Waals surface area contributed by atoms with Crippen LogP contribution in [-0.2, 0) is 12.8 Å². The van der Waals surface area contributed by atoms with Gasteiger partial charge in [0.2, 0.25) is 0 Å². The lowest BCUT2D eigenvalue weighted by atomic mass is 9.81. The standard InChI is InChI=1S/C25H31N.CH4O/c1-17-11-12-18(2)24(15-17)23-9-6-10-25(19(23)3)26-22-14-13-20-7-4-5-8-21(20)16-22;1-2/h4-5,7-8,11-12,15,22,25-26H,6,9-10,13-14,16H2,1-3H3;2H,1H3. The monoisotopic (exact) mass is 377 g/mol. The molecule has 0 heterocycles. The molecule has 0 amide bonds. The van der Waals surface area contributed by atoms with E-state index >= 15 is 0 Å². The van der Waals surface area contributed by atoms with Crippen LogP contribution in [0.1, 0.15) is 60.4 Å². The minimum absolute atomic E-state index is 0.536. The van der Waals surface area contributed by atoms with Gasteiger partial charge in [-0.1, -0.05) is 53.6 Å². The molecule has 2 atom stereocenters. The van der Waals surface area contributed by atoms with Crippen molar-refractivity contribution in [3.8, 4) is 0 Å². The lowest BCUT2D eigenvalue weighted by Gasteiger charge is -2.34. The Bertz CT molecular complexity index is 836. The summed E-state index contributed by atoms with van der Waals surface area (Å²) in [4.78, 5) is 0.